The van der Waals surface area contributed by atoms with Crippen LogP contribution in [0.25, 0.3) is 11.0 Å². The lowest BCUT2D eigenvalue weighted by Gasteiger charge is -2.09. The van der Waals surface area contributed by atoms with E-state index in [-0.39, 0.29) is 24.2 Å². The Bertz CT molecular complexity index is 728. The third-order valence-corrected chi connectivity index (χ3v) is 4.08. The first-order valence-corrected chi connectivity index (χ1v) is 7.17. The summed E-state index contributed by atoms with van der Waals surface area (Å²) in [5.41, 5.74) is 1.22. The van der Waals surface area contributed by atoms with Crippen LogP contribution in [-0.4, -0.2) is 27.0 Å². The summed E-state index contributed by atoms with van der Waals surface area (Å²) in [6, 6.07) is 4.25. The van der Waals surface area contributed by atoms with E-state index in [0.29, 0.717) is 36.1 Å². The normalized spacial score (nSPS) is 21.1. The maximum atomic E-state index is 13.1. The Labute approximate surface area is 125 Å². The molecule has 3 rings (SSSR count). The van der Waals surface area contributed by atoms with Gasteiger partial charge >= 0.3 is 5.97 Å². The Kier molecular flexibility index (Phi) is 3.79. The minimum Gasteiger partial charge on any atom is -0.481 e. The summed E-state index contributed by atoms with van der Waals surface area (Å²) < 4.78 is 13.1. The maximum absolute atomic E-state index is 13.1. The number of hydrogen-bond acceptors (Lipinski definition) is 3. The van der Waals surface area contributed by atoms with Gasteiger partial charge in [0.05, 0.1) is 23.5 Å². The third kappa shape index (κ3) is 2.93. The topological polar surface area (TPSA) is 95.1 Å². The van der Waals surface area contributed by atoms with Gasteiger partial charge in [0.15, 0.2) is 0 Å². The molecule has 3 N–H and O–H groups in total. The highest BCUT2D eigenvalue weighted by molar-refractivity contribution is 5.81. The van der Waals surface area contributed by atoms with Crippen LogP contribution in [-0.2, 0) is 16.1 Å². The summed E-state index contributed by atoms with van der Waals surface area (Å²) in [5, 5.41) is 11.7. The van der Waals surface area contributed by atoms with E-state index in [0.717, 1.165) is 0 Å². The van der Waals surface area contributed by atoms with Crippen LogP contribution < -0.4 is 5.32 Å². The average molecular weight is 305 g/mol. The van der Waals surface area contributed by atoms with E-state index in [2.05, 4.69) is 15.3 Å². The molecule has 7 heteroatoms. The van der Waals surface area contributed by atoms with Gasteiger partial charge in [-0.05, 0) is 37.5 Å². The average Bonchev–Trinajstić information content (AvgIpc) is 3.10. The van der Waals surface area contributed by atoms with Gasteiger partial charge in [-0.15, -0.1) is 0 Å². The van der Waals surface area contributed by atoms with Gasteiger partial charge in [-0.2, -0.15) is 0 Å². The van der Waals surface area contributed by atoms with Crippen molar-refractivity contribution in [3.05, 3.63) is 29.8 Å². The highest BCUT2D eigenvalue weighted by Crippen LogP contribution is 2.31. The van der Waals surface area contributed by atoms with Crippen LogP contribution in [0.1, 0.15) is 25.1 Å². The molecule has 116 valence electrons. The molecule has 1 heterocycles. The van der Waals surface area contributed by atoms with E-state index in [1.807, 2.05) is 0 Å². The van der Waals surface area contributed by atoms with Gasteiger partial charge in [-0.25, -0.2) is 9.37 Å². The van der Waals surface area contributed by atoms with Crippen molar-refractivity contribution in [1.29, 1.82) is 0 Å². The van der Waals surface area contributed by atoms with Gasteiger partial charge in [-0.3, -0.25) is 9.59 Å². The summed E-state index contributed by atoms with van der Waals surface area (Å²) in [7, 11) is 0. The van der Waals surface area contributed by atoms with Crippen LogP contribution in [0.3, 0.4) is 0 Å². The Balaban J connectivity index is 1.59. The fourth-order valence-corrected chi connectivity index (χ4v) is 2.88. The number of hydrogen-bond donors (Lipinski definition) is 3. The minimum atomic E-state index is -0.838. The molecule has 1 amide bonds. The summed E-state index contributed by atoms with van der Waals surface area (Å²) in [6.45, 7) is 0.212. The van der Waals surface area contributed by atoms with Crippen LogP contribution in [0.4, 0.5) is 4.39 Å². The van der Waals surface area contributed by atoms with Crippen LogP contribution in [0.5, 0.6) is 0 Å². The molecule has 1 saturated carbocycles. The van der Waals surface area contributed by atoms with Crippen LogP contribution in [0.2, 0.25) is 0 Å². The molecule has 6 nitrogen and oxygen atoms in total. The largest absolute Gasteiger partial charge is 0.481 e. The molecular formula is C15H16FN3O3. The number of carbonyl (C=O) groups excluding carboxylic acids is 1. The summed E-state index contributed by atoms with van der Waals surface area (Å²) in [4.78, 5) is 30.2. The van der Waals surface area contributed by atoms with E-state index in [4.69, 9.17) is 5.11 Å². The molecule has 1 aromatic heterocycles. The number of rotatable bonds is 4. The van der Waals surface area contributed by atoms with Crippen molar-refractivity contribution in [2.24, 2.45) is 11.8 Å². The number of benzene rings is 1. The maximum Gasteiger partial charge on any atom is 0.306 e. The highest BCUT2D eigenvalue weighted by atomic mass is 19.1. The molecule has 2 aromatic rings. The SMILES string of the molecule is O=C(O)[C@@H]1CC[C@H](C(=O)NCc2nc3ccc(F)cc3[nH]2)C1. The summed E-state index contributed by atoms with van der Waals surface area (Å²) >= 11 is 0. The van der Waals surface area contributed by atoms with Gasteiger partial charge in [0.25, 0.3) is 0 Å². The minimum absolute atomic E-state index is 0.157. The lowest BCUT2D eigenvalue weighted by molar-refractivity contribution is -0.141. The second-order valence-corrected chi connectivity index (χ2v) is 5.61. The number of carboxylic acid groups (broad SMARTS) is 1. The number of halogens is 1. The molecular weight excluding hydrogens is 289 g/mol. The molecule has 1 aromatic carbocycles. The van der Waals surface area contributed by atoms with Gasteiger partial charge in [0.2, 0.25) is 5.91 Å². The molecule has 1 aliphatic carbocycles. The Hall–Kier alpha value is -2.44. The first kappa shape index (κ1) is 14.5. The van der Waals surface area contributed by atoms with Crippen LogP contribution in [0.15, 0.2) is 18.2 Å². The van der Waals surface area contributed by atoms with Gasteiger partial charge in [0.1, 0.15) is 11.6 Å². The number of aliphatic carboxylic acids is 1. The van der Waals surface area contributed by atoms with Crippen LogP contribution in [0, 0.1) is 17.7 Å². The lowest BCUT2D eigenvalue weighted by Crippen LogP contribution is -2.29. The van der Waals surface area contributed by atoms with Crippen molar-refractivity contribution >= 4 is 22.9 Å². The van der Waals surface area contributed by atoms with E-state index in [1.54, 1.807) is 6.07 Å². The molecule has 0 bridgehead atoms. The zero-order valence-electron chi connectivity index (χ0n) is 11.8. The smallest absolute Gasteiger partial charge is 0.306 e. The zero-order valence-corrected chi connectivity index (χ0v) is 11.8. The van der Waals surface area contributed by atoms with Crippen molar-refractivity contribution in [3.8, 4) is 0 Å². The number of nitrogens with zero attached hydrogens (tertiary/aromatic N) is 1. The van der Waals surface area contributed by atoms with E-state index in [1.165, 1.54) is 12.1 Å². The number of fused-ring (bicyclic) bond motifs is 1. The number of amides is 1. The Morgan fingerprint density at radius 1 is 1.36 bits per heavy atom. The number of nitrogens with one attached hydrogen (secondary N) is 2. The molecule has 0 spiro atoms. The van der Waals surface area contributed by atoms with Crippen molar-refractivity contribution in [1.82, 2.24) is 15.3 Å². The van der Waals surface area contributed by atoms with Crippen molar-refractivity contribution in [3.63, 3.8) is 0 Å². The zero-order chi connectivity index (χ0) is 15.7. The van der Waals surface area contributed by atoms with Gasteiger partial charge < -0.3 is 15.4 Å². The molecule has 0 aliphatic heterocycles. The van der Waals surface area contributed by atoms with E-state index >= 15 is 0 Å². The standard InChI is InChI=1S/C15H16FN3O3/c16-10-3-4-11-12(6-10)19-13(18-11)7-17-14(20)8-1-2-9(5-8)15(21)22/h3-4,6,8-9H,1-2,5,7H2,(H,17,20)(H,18,19)(H,21,22)/t8-,9+/m0/s1. The van der Waals surface area contributed by atoms with Crippen molar-refractivity contribution in [2.75, 3.05) is 0 Å². The summed E-state index contributed by atoms with van der Waals surface area (Å²) in [5.74, 6) is -1.49. The molecule has 2 atom stereocenters. The Morgan fingerprint density at radius 2 is 2.14 bits per heavy atom. The molecule has 1 fully saturated rings. The second-order valence-electron chi connectivity index (χ2n) is 5.61. The van der Waals surface area contributed by atoms with E-state index < -0.39 is 11.9 Å². The van der Waals surface area contributed by atoms with Crippen molar-refractivity contribution in [2.45, 2.75) is 25.8 Å². The molecule has 0 unspecified atom stereocenters. The quantitative estimate of drug-likeness (QED) is 0.803. The van der Waals surface area contributed by atoms with Gasteiger partial charge in [0, 0.05) is 5.92 Å². The number of aromatic amines is 1. The fourth-order valence-electron chi connectivity index (χ4n) is 2.88. The molecule has 1 aliphatic rings. The predicted octanol–water partition coefficient (Wildman–Crippen LogP) is 1.82. The second kappa shape index (κ2) is 5.75. The number of carbonyl (C=O) groups is 2. The van der Waals surface area contributed by atoms with Crippen molar-refractivity contribution < 1.29 is 19.1 Å². The molecule has 0 radical (unpaired) electrons. The first-order valence-electron chi connectivity index (χ1n) is 7.17. The first-order chi connectivity index (χ1) is 10.5. The van der Waals surface area contributed by atoms with E-state index in [9.17, 15) is 14.0 Å². The predicted molar refractivity (Wildman–Crippen MR) is 76.4 cm³/mol. The Morgan fingerprint density at radius 3 is 2.86 bits per heavy atom. The monoisotopic (exact) mass is 305 g/mol. The fraction of sp³-hybridized carbons (Fsp3) is 0.400. The molecule has 0 saturated heterocycles. The van der Waals surface area contributed by atoms with Gasteiger partial charge in [-0.1, -0.05) is 0 Å². The molecule has 22 heavy (non-hydrogen) atoms. The number of aromatic nitrogens is 2. The summed E-state index contributed by atoms with van der Waals surface area (Å²) in [6.07, 6.45) is 1.51. The lowest BCUT2D eigenvalue weighted by atomic mass is 10.0. The number of H-pyrrole nitrogens is 1. The number of carboxylic acids is 1. The highest BCUT2D eigenvalue weighted by Gasteiger charge is 2.33. The number of imidazole rings is 1. The van der Waals surface area contributed by atoms with Crippen LogP contribution >= 0.6 is 0 Å². The third-order valence-electron chi connectivity index (χ3n) is 4.08.